The Morgan fingerprint density at radius 2 is 1.68 bits per heavy atom. The van der Waals surface area contributed by atoms with Gasteiger partial charge in [-0.25, -0.2) is 14.3 Å². The van der Waals surface area contributed by atoms with Crippen LogP contribution in [-0.2, 0) is 20.7 Å². The van der Waals surface area contributed by atoms with Crippen LogP contribution in [0.15, 0.2) is 54.6 Å². The number of amides is 1. The SMILES string of the molecule is CCOC(=O)c1c(C)nn(-c2ccc(C(=O)NC(C)(Cc3ccccc3)C(=O)OC)cc2)c1C. The first-order valence-corrected chi connectivity index (χ1v) is 11.0. The Hall–Kier alpha value is -3.94. The molecule has 0 fully saturated rings. The monoisotopic (exact) mass is 463 g/mol. The van der Waals surface area contributed by atoms with Crippen molar-refractivity contribution >= 4 is 17.8 Å². The van der Waals surface area contributed by atoms with Gasteiger partial charge in [-0.3, -0.25) is 4.79 Å². The maximum atomic E-state index is 13.0. The van der Waals surface area contributed by atoms with Gasteiger partial charge in [-0.2, -0.15) is 5.10 Å². The van der Waals surface area contributed by atoms with Crippen molar-refractivity contribution in [1.29, 1.82) is 0 Å². The number of aryl methyl sites for hydroxylation is 1. The molecular weight excluding hydrogens is 434 g/mol. The topological polar surface area (TPSA) is 99.5 Å². The van der Waals surface area contributed by atoms with Crippen LogP contribution < -0.4 is 5.32 Å². The molecule has 0 aliphatic rings. The Morgan fingerprint density at radius 1 is 1.03 bits per heavy atom. The molecule has 1 amide bonds. The van der Waals surface area contributed by atoms with Gasteiger partial charge in [-0.15, -0.1) is 0 Å². The van der Waals surface area contributed by atoms with Gasteiger partial charge in [0.05, 0.1) is 30.8 Å². The fraction of sp³-hybridized carbons (Fsp3) is 0.308. The third-order valence-corrected chi connectivity index (χ3v) is 5.57. The average molecular weight is 464 g/mol. The number of rotatable bonds is 8. The second kappa shape index (κ2) is 10.3. The van der Waals surface area contributed by atoms with Crippen molar-refractivity contribution < 1.29 is 23.9 Å². The average Bonchev–Trinajstić information content (AvgIpc) is 3.13. The van der Waals surface area contributed by atoms with Crippen molar-refractivity contribution in [1.82, 2.24) is 15.1 Å². The lowest BCUT2D eigenvalue weighted by atomic mass is 9.92. The summed E-state index contributed by atoms with van der Waals surface area (Å²) in [7, 11) is 1.30. The number of esters is 2. The largest absolute Gasteiger partial charge is 0.467 e. The van der Waals surface area contributed by atoms with Gasteiger partial charge in [0.2, 0.25) is 0 Å². The van der Waals surface area contributed by atoms with E-state index < -0.39 is 23.4 Å². The quantitative estimate of drug-likeness (QED) is 0.513. The number of hydrogen-bond acceptors (Lipinski definition) is 6. The molecule has 0 aliphatic carbocycles. The minimum atomic E-state index is -1.24. The van der Waals surface area contributed by atoms with E-state index >= 15 is 0 Å². The van der Waals surface area contributed by atoms with Gasteiger partial charge in [-0.1, -0.05) is 30.3 Å². The van der Waals surface area contributed by atoms with Crippen molar-refractivity contribution in [2.45, 2.75) is 39.7 Å². The molecule has 34 heavy (non-hydrogen) atoms. The third-order valence-electron chi connectivity index (χ3n) is 5.57. The number of hydrogen-bond donors (Lipinski definition) is 1. The highest BCUT2D eigenvalue weighted by Gasteiger charge is 2.36. The Balaban J connectivity index is 1.82. The molecular formula is C26H29N3O5. The van der Waals surface area contributed by atoms with Gasteiger partial charge in [0, 0.05) is 12.0 Å². The van der Waals surface area contributed by atoms with Gasteiger partial charge in [0.15, 0.2) is 0 Å². The molecule has 1 atom stereocenters. The van der Waals surface area contributed by atoms with Gasteiger partial charge in [0.1, 0.15) is 11.1 Å². The van der Waals surface area contributed by atoms with Gasteiger partial charge < -0.3 is 14.8 Å². The van der Waals surface area contributed by atoms with E-state index in [1.165, 1.54) is 7.11 Å². The zero-order valence-electron chi connectivity index (χ0n) is 20.0. The molecule has 0 radical (unpaired) electrons. The fourth-order valence-electron chi connectivity index (χ4n) is 3.87. The van der Waals surface area contributed by atoms with Crippen LogP contribution in [0.25, 0.3) is 5.69 Å². The molecule has 8 nitrogen and oxygen atoms in total. The second-order valence-corrected chi connectivity index (χ2v) is 8.17. The zero-order chi connectivity index (χ0) is 24.9. The van der Waals surface area contributed by atoms with Crippen molar-refractivity contribution in [3.8, 4) is 5.69 Å². The highest BCUT2D eigenvalue weighted by molar-refractivity contribution is 5.98. The minimum absolute atomic E-state index is 0.279. The number of ether oxygens (including phenoxy) is 2. The molecule has 2 aromatic carbocycles. The van der Waals surface area contributed by atoms with Crippen LogP contribution in [0, 0.1) is 13.8 Å². The maximum Gasteiger partial charge on any atom is 0.341 e. The van der Waals surface area contributed by atoms with Crippen LogP contribution in [-0.4, -0.2) is 46.9 Å². The second-order valence-electron chi connectivity index (χ2n) is 8.17. The first kappa shape index (κ1) is 24.7. The number of carbonyl (C=O) groups excluding carboxylic acids is 3. The summed E-state index contributed by atoms with van der Waals surface area (Å²) >= 11 is 0. The fourth-order valence-corrected chi connectivity index (χ4v) is 3.87. The van der Waals surface area contributed by atoms with Crippen LogP contribution in [0.4, 0.5) is 0 Å². The van der Waals surface area contributed by atoms with Crippen LogP contribution in [0.2, 0.25) is 0 Å². The van der Waals surface area contributed by atoms with Gasteiger partial charge in [-0.05, 0) is 57.5 Å². The summed E-state index contributed by atoms with van der Waals surface area (Å²) in [5, 5.41) is 7.28. The summed E-state index contributed by atoms with van der Waals surface area (Å²) in [4.78, 5) is 37.8. The van der Waals surface area contributed by atoms with Crippen LogP contribution in [0.5, 0.6) is 0 Å². The summed E-state index contributed by atoms with van der Waals surface area (Å²) in [6.07, 6.45) is 0.284. The number of methoxy groups -OCH3 is 1. The normalized spacial score (nSPS) is 12.5. The van der Waals surface area contributed by atoms with E-state index in [2.05, 4.69) is 10.4 Å². The van der Waals surface area contributed by atoms with E-state index in [0.717, 1.165) is 5.56 Å². The highest BCUT2D eigenvalue weighted by Crippen LogP contribution is 2.20. The first-order valence-electron chi connectivity index (χ1n) is 11.0. The number of nitrogens with zero attached hydrogens (tertiary/aromatic N) is 2. The van der Waals surface area contributed by atoms with Gasteiger partial charge >= 0.3 is 11.9 Å². The van der Waals surface area contributed by atoms with Gasteiger partial charge in [0.25, 0.3) is 5.91 Å². The predicted molar refractivity (Wildman–Crippen MR) is 127 cm³/mol. The smallest absolute Gasteiger partial charge is 0.341 e. The lowest BCUT2D eigenvalue weighted by Gasteiger charge is -2.28. The highest BCUT2D eigenvalue weighted by atomic mass is 16.5. The molecule has 1 heterocycles. The molecule has 3 rings (SSSR count). The molecule has 3 aromatic rings. The van der Waals surface area contributed by atoms with E-state index in [-0.39, 0.29) is 13.0 Å². The number of benzene rings is 2. The van der Waals surface area contributed by atoms with E-state index in [0.29, 0.717) is 28.2 Å². The Morgan fingerprint density at radius 3 is 2.26 bits per heavy atom. The molecule has 0 spiro atoms. The number of nitrogens with one attached hydrogen (secondary N) is 1. The number of carbonyl (C=O) groups is 3. The number of aromatic nitrogens is 2. The lowest BCUT2D eigenvalue weighted by Crippen LogP contribution is -2.54. The summed E-state index contributed by atoms with van der Waals surface area (Å²) in [6, 6.07) is 16.2. The van der Waals surface area contributed by atoms with Crippen molar-refractivity contribution in [3.63, 3.8) is 0 Å². The Kier molecular flexibility index (Phi) is 7.50. The Labute approximate surface area is 198 Å². The molecule has 178 valence electrons. The van der Waals surface area contributed by atoms with Crippen LogP contribution in [0.1, 0.15) is 51.5 Å². The zero-order valence-corrected chi connectivity index (χ0v) is 20.0. The van der Waals surface area contributed by atoms with E-state index in [9.17, 15) is 14.4 Å². The first-order chi connectivity index (χ1) is 16.2. The molecule has 0 bridgehead atoms. The summed E-state index contributed by atoms with van der Waals surface area (Å²) < 4.78 is 11.7. The molecule has 1 aromatic heterocycles. The molecule has 0 saturated heterocycles. The maximum absolute atomic E-state index is 13.0. The molecule has 1 N–H and O–H groups in total. The molecule has 0 saturated carbocycles. The van der Waals surface area contributed by atoms with Crippen molar-refractivity contribution in [2.24, 2.45) is 0 Å². The summed E-state index contributed by atoms with van der Waals surface area (Å²) in [5.74, 6) is -1.35. The standard InChI is InChI=1S/C26H29N3O5/c1-6-34-24(31)22-17(2)28-29(18(22)3)21-14-12-20(13-15-21)23(30)27-26(4,25(32)33-5)16-19-10-8-7-9-11-19/h7-15H,6,16H2,1-5H3,(H,27,30). The van der Waals surface area contributed by atoms with Crippen LogP contribution >= 0.6 is 0 Å². The third kappa shape index (κ3) is 5.17. The minimum Gasteiger partial charge on any atom is -0.467 e. The molecule has 8 heteroatoms. The van der Waals surface area contributed by atoms with Crippen LogP contribution in [0.3, 0.4) is 0 Å². The summed E-state index contributed by atoms with van der Waals surface area (Å²) in [5.41, 5.74) is 2.36. The molecule has 1 unspecified atom stereocenters. The Bertz CT molecular complexity index is 1190. The van der Waals surface area contributed by atoms with E-state index in [4.69, 9.17) is 9.47 Å². The van der Waals surface area contributed by atoms with Crippen molar-refractivity contribution in [2.75, 3.05) is 13.7 Å². The lowest BCUT2D eigenvalue weighted by molar-refractivity contribution is -0.147. The van der Waals surface area contributed by atoms with Crippen molar-refractivity contribution in [3.05, 3.63) is 82.7 Å². The summed E-state index contributed by atoms with van der Waals surface area (Å²) in [6.45, 7) is 7.21. The van der Waals surface area contributed by atoms with E-state index in [1.807, 2.05) is 30.3 Å². The van der Waals surface area contributed by atoms with E-state index in [1.54, 1.807) is 56.6 Å². The molecule has 0 aliphatic heterocycles. The predicted octanol–water partition coefficient (Wildman–Crippen LogP) is 3.57.